The summed E-state index contributed by atoms with van der Waals surface area (Å²) in [7, 11) is 0. The van der Waals surface area contributed by atoms with Crippen LogP contribution in [0.4, 0.5) is 5.69 Å². The maximum atomic E-state index is 13.0. The molecule has 1 unspecified atom stereocenters. The number of amides is 2. The molecule has 0 spiro atoms. The number of carbonyl (C=O) groups is 2. The maximum Gasteiger partial charge on any atom is 0.251 e. The van der Waals surface area contributed by atoms with Gasteiger partial charge in [0.2, 0.25) is 5.91 Å². The van der Waals surface area contributed by atoms with Crippen LogP contribution in [0.5, 0.6) is 0 Å². The highest BCUT2D eigenvalue weighted by Gasteiger charge is 2.43. The third-order valence-corrected chi connectivity index (χ3v) is 7.28. The van der Waals surface area contributed by atoms with Crippen molar-refractivity contribution < 1.29 is 9.59 Å². The minimum Gasteiger partial charge on any atom is -0.303 e. The van der Waals surface area contributed by atoms with E-state index in [-0.39, 0.29) is 24.3 Å². The lowest BCUT2D eigenvalue weighted by molar-refractivity contribution is -0.123. The summed E-state index contributed by atoms with van der Waals surface area (Å²) in [6.07, 6.45) is 6.47. The molecule has 4 rings (SSSR count). The van der Waals surface area contributed by atoms with Gasteiger partial charge in [-0.05, 0) is 101 Å². The molecule has 6 heteroatoms. The molecule has 0 aromatic heterocycles. The summed E-state index contributed by atoms with van der Waals surface area (Å²) < 4.78 is 0. The van der Waals surface area contributed by atoms with Crippen molar-refractivity contribution >= 4 is 29.1 Å². The van der Waals surface area contributed by atoms with Crippen LogP contribution in [0.15, 0.2) is 24.3 Å². The molecule has 3 aliphatic heterocycles. The van der Waals surface area contributed by atoms with Gasteiger partial charge < -0.3 is 4.90 Å². The Labute approximate surface area is 179 Å². The molecule has 29 heavy (non-hydrogen) atoms. The van der Waals surface area contributed by atoms with Crippen LogP contribution in [0, 0.1) is 11.8 Å². The van der Waals surface area contributed by atoms with E-state index in [9.17, 15) is 9.59 Å². The Morgan fingerprint density at radius 3 is 2.28 bits per heavy atom. The minimum absolute atomic E-state index is 0.0850. The van der Waals surface area contributed by atoms with Gasteiger partial charge in [-0.25, -0.2) is 4.90 Å². The first kappa shape index (κ1) is 20.8. The summed E-state index contributed by atoms with van der Waals surface area (Å²) in [5, 5.41) is 0.602. The predicted octanol–water partition coefficient (Wildman–Crippen LogP) is 3.81. The summed E-state index contributed by atoms with van der Waals surface area (Å²) >= 11 is 5.94. The van der Waals surface area contributed by atoms with E-state index in [0.717, 1.165) is 37.8 Å². The number of imide groups is 1. The highest BCUT2D eigenvalue weighted by Crippen LogP contribution is 2.30. The van der Waals surface area contributed by atoms with Gasteiger partial charge in [-0.3, -0.25) is 14.5 Å². The van der Waals surface area contributed by atoms with Gasteiger partial charge in [-0.2, -0.15) is 0 Å². The number of carbonyl (C=O) groups excluding carboxylic acids is 2. The number of hydrogen-bond acceptors (Lipinski definition) is 4. The highest BCUT2D eigenvalue weighted by molar-refractivity contribution is 6.30. The molecule has 0 aliphatic carbocycles. The van der Waals surface area contributed by atoms with Crippen LogP contribution < -0.4 is 4.90 Å². The molecule has 0 radical (unpaired) electrons. The maximum absolute atomic E-state index is 13.0. The van der Waals surface area contributed by atoms with Gasteiger partial charge in [0.1, 0.15) is 0 Å². The first-order valence-corrected chi connectivity index (χ1v) is 11.5. The average molecular weight is 418 g/mol. The van der Waals surface area contributed by atoms with E-state index in [4.69, 9.17) is 11.6 Å². The third-order valence-electron chi connectivity index (χ3n) is 7.03. The third kappa shape index (κ3) is 4.84. The van der Waals surface area contributed by atoms with Crippen molar-refractivity contribution in [2.24, 2.45) is 11.8 Å². The van der Waals surface area contributed by atoms with Crippen LogP contribution in [-0.4, -0.2) is 60.4 Å². The van der Waals surface area contributed by atoms with E-state index < -0.39 is 0 Å². The minimum atomic E-state index is -0.303. The van der Waals surface area contributed by atoms with Crippen LogP contribution in [0.25, 0.3) is 0 Å². The molecule has 0 N–H and O–H groups in total. The Kier molecular flexibility index (Phi) is 6.57. The van der Waals surface area contributed by atoms with Crippen LogP contribution in [0.3, 0.4) is 0 Å². The fourth-order valence-electron chi connectivity index (χ4n) is 4.97. The van der Waals surface area contributed by atoms with Crippen LogP contribution in [-0.2, 0) is 9.59 Å². The zero-order chi connectivity index (χ0) is 20.4. The summed E-state index contributed by atoms with van der Waals surface area (Å²) in [4.78, 5) is 31.7. The van der Waals surface area contributed by atoms with Crippen molar-refractivity contribution in [3.05, 3.63) is 29.3 Å². The monoisotopic (exact) mass is 417 g/mol. The molecular weight excluding hydrogens is 386 g/mol. The van der Waals surface area contributed by atoms with E-state index in [1.54, 1.807) is 24.3 Å². The second-order valence-corrected chi connectivity index (χ2v) is 9.49. The summed E-state index contributed by atoms with van der Waals surface area (Å²) in [5.74, 6) is 1.43. The van der Waals surface area contributed by atoms with Gasteiger partial charge in [-0.1, -0.05) is 18.5 Å². The zero-order valence-corrected chi connectivity index (χ0v) is 18.1. The lowest BCUT2D eigenvalue weighted by atomic mass is 9.91. The fraction of sp³-hybridized carbons (Fsp3) is 0.652. The van der Waals surface area contributed by atoms with Crippen molar-refractivity contribution in [3.8, 4) is 0 Å². The molecule has 1 atom stereocenters. The Hall–Kier alpha value is -1.43. The van der Waals surface area contributed by atoms with E-state index in [1.807, 2.05) is 0 Å². The summed E-state index contributed by atoms with van der Waals surface area (Å²) in [6, 6.07) is 6.63. The standard InChI is InChI=1S/C23H32ClN3O2/c1-17-6-11-25(12-7-17)13-8-18-9-14-26(15-10-18)21-16-22(28)27(23(21)29)20-4-2-19(24)3-5-20/h2-5,17-18,21H,6-16H2,1H3. The second-order valence-electron chi connectivity index (χ2n) is 9.06. The Morgan fingerprint density at radius 2 is 1.62 bits per heavy atom. The molecular formula is C23H32ClN3O2. The molecule has 5 nitrogen and oxygen atoms in total. The molecule has 0 bridgehead atoms. The largest absolute Gasteiger partial charge is 0.303 e. The van der Waals surface area contributed by atoms with Gasteiger partial charge in [0.05, 0.1) is 18.2 Å². The van der Waals surface area contributed by atoms with Gasteiger partial charge in [0.25, 0.3) is 5.91 Å². The molecule has 3 heterocycles. The van der Waals surface area contributed by atoms with Gasteiger partial charge >= 0.3 is 0 Å². The number of piperidine rings is 2. The number of likely N-dealkylation sites (tertiary alicyclic amines) is 2. The van der Waals surface area contributed by atoms with E-state index in [0.29, 0.717) is 10.7 Å². The van der Waals surface area contributed by atoms with Crippen molar-refractivity contribution in [2.75, 3.05) is 37.6 Å². The number of benzene rings is 1. The molecule has 3 fully saturated rings. The van der Waals surface area contributed by atoms with E-state index >= 15 is 0 Å². The summed E-state index contributed by atoms with van der Waals surface area (Å²) in [6.45, 7) is 7.90. The molecule has 1 aromatic carbocycles. The Bertz CT molecular complexity index is 722. The number of rotatable bonds is 5. The number of halogens is 1. The van der Waals surface area contributed by atoms with E-state index in [1.165, 1.54) is 43.8 Å². The number of nitrogens with zero attached hydrogens (tertiary/aromatic N) is 3. The normalized spacial score (nSPS) is 25.9. The van der Waals surface area contributed by atoms with Gasteiger partial charge in [0.15, 0.2) is 0 Å². The predicted molar refractivity (Wildman–Crippen MR) is 116 cm³/mol. The summed E-state index contributed by atoms with van der Waals surface area (Å²) in [5.41, 5.74) is 0.623. The van der Waals surface area contributed by atoms with Crippen LogP contribution in [0.2, 0.25) is 5.02 Å². The molecule has 0 saturated carbocycles. The molecule has 2 amide bonds. The Morgan fingerprint density at radius 1 is 0.966 bits per heavy atom. The molecule has 1 aromatic rings. The van der Waals surface area contributed by atoms with Gasteiger partial charge in [-0.15, -0.1) is 0 Å². The highest BCUT2D eigenvalue weighted by atomic mass is 35.5. The lowest BCUT2D eigenvalue weighted by Crippen LogP contribution is -2.46. The van der Waals surface area contributed by atoms with E-state index in [2.05, 4.69) is 16.7 Å². The van der Waals surface area contributed by atoms with Crippen LogP contribution in [0.1, 0.15) is 45.4 Å². The number of hydrogen-bond donors (Lipinski definition) is 0. The zero-order valence-electron chi connectivity index (χ0n) is 17.4. The first-order chi connectivity index (χ1) is 14.0. The first-order valence-electron chi connectivity index (χ1n) is 11.1. The topological polar surface area (TPSA) is 43.9 Å². The molecule has 3 aliphatic rings. The van der Waals surface area contributed by atoms with Crippen molar-refractivity contribution in [1.82, 2.24) is 9.80 Å². The molecule has 158 valence electrons. The molecule has 3 saturated heterocycles. The smallest absolute Gasteiger partial charge is 0.251 e. The SMILES string of the molecule is CC1CCN(CCC2CCN(C3CC(=O)N(c4ccc(Cl)cc4)C3=O)CC2)CC1. The fourth-order valence-corrected chi connectivity index (χ4v) is 5.09. The quantitative estimate of drug-likeness (QED) is 0.683. The van der Waals surface area contributed by atoms with Crippen LogP contribution >= 0.6 is 11.6 Å². The average Bonchev–Trinajstić information content (AvgIpc) is 3.03. The lowest BCUT2D eigenvalue weighted by Gasteiger charge is -2.36. The van der Waals surface area contributed by atoms with Crippen molar-refractivity contribution in [1.29, 1.82) is 0 Å². The van der Waals surface area contributed by atoms with Crippen molar-refractivity contribution in [3.63, 3.8) is 0 Å². The van der Waals surface area contributed by atoms with Crippen molar-refractivity contribution in [2.45, 2.75) is 51.5 Å². The Balaban J connectivity index is 1.27. The number of anilines is 1. The van der Waals surface area contributed by atoms with Gasteiger partial charge in [0, 0.05) is 5.02 Å². The second kappa shape index (κ2) is 9.15.